The Balaban J connectivity index is 2.36. The van der Waals surface area contributed by atoms with E-state index in [1.807, 2.05) is 32.6 Å². The molecule has 1 aromatic heterocycles. The zero-order valence-electron chi connectivity index (χ0n) is 17.8. The van der Waals surface area contributed by atoms with E-state index in [0.29, 0.717) is 19.0 Å². The lowest BCUT2D eigenvalue weighted by atomic mass is 9.99. The number of piperidine rings is 1. The van der Waals surface area contributed by atoms with E-state index in [1.54, 1.807) is 4.90 Å². The van der Waals surface area contributed by atoms with Crippen LogP contribution in [0.25, 0.3) is 0 Å². The number of nitrogen functional groups attached to an aromatic ring is 1. The standard InChI is InChI=1S/C20H35N5O3/c1-13(2)10-24(12-16(26)23-8-6-15(5)7-9-23)17-18(21)25(11-14(3)4)20(28)22-19(17)27/h13-15H,6-12,21H2,1-5H3,(H,22,27,28). The van der Waals surface area contributed by atoms with Crippen LogP contribution in [0.3, 0.4) is 0 Å². The molecular weight excluding hydrogens is 358 g/mol. The van der Waals surface area contributed by atoms with Crippen molar-refractivity contribution >= 4 is 17.4 Å². The lowest BCUT2D eigenvalue weighted by Gasteiger charge is -2.33. The van der Waals surface area contributed by atoms with Crippen LogP contribution in [-0.2, 0) is 11.3 Å². The summed E-state index contributed by atoms with van der Waals surface area (Å²) in [5.41, 5.74) is 5.42. The van der Waals surface area contributed by atoms with Gasteiger partial charge in [-0.05, 0) is 30.6 Å². The highest BCUT2D eigenvalue weighted by Gasteiger charge is 2.26. The molecule has 0 spiro atoms. The minimum atomic E-state index is -0.539. The summed E-state index contributed by atoms with van der Waals surface area (Å²) in [5, 5.41) is 0. The molecule has 1 fully saturated rings. The number of aromatic amines is 1. The summed E-state index contributed by atoms with van der Waals surface area (Å²) in [6, 6.07) is 0. The van der Waals surface area contributed by atoms with Crippen LogP contribution >= 0.6 is 0 Å². The molecule has 1 amide bonds. The molecule has 0 radical (unpaired) electrons. The number of nitrogens with two attached hydrogens (primary N) is 1. The van der Waals surface area contributed by atoms with Gasteiger partial charge in [0, 0.05) is 26.2 Å². The molecule has 0 unspecified atom stereocenters. The molecule has 0 aliphatic carbocycles. The predicted molar refractivity (Wildman–Crippen MR) is 113 cm³/mol. The first kappa shape index (κ1) is 22.0. The van der Waals surface area contributed by atoms with Crippen LogP contribution in [0.15, 0.2) is 9.59 Å². The van der Waals surface area contributed by atoms with Crippen molar-refractivity contribution in [1.29, 1.82) is 0 Å². The molecule has 1 aliphatic rings. The van der Waals surface area contributed by atoms with Crippen LogP contribution in [0.1, 0.15) is 47.5 Å². The van der Waals surface area contributed by atoms with Gasteiger partial charge in [0.2, 0.25) is 5.91 Å². The van der Waals surface area contributed by atoms with Gasteiger partial charge in [0.1, 0.15) is 11.5 Å². The maximum Gasteiger partial charge on any atom is 0.330 e. The lowest BCUT2D eigenvalue weighted by molar-refractivity contribution is -0.131. The van der Waals surface area contributed by atoms with Gasteiger partial charge in [0.15, 0.2) is 0 Å². The van der Waals surface area contributed by atoms with E-state index < -0.39 is 11.2 Å². The van der Waals surface area contributed by atoms with Crippen molar-refractivity contribution < 1.29 is 4.79 Å². The Bertz CT molecular complexity index is 788. The fraction of sp³-hybridized carbons (Fsp3) is 0.750. The molecule has 0 aromatic carbocycles. The molecule has 8 nitrogen and oxygen atoms in total. The number of nitrogens with one attached hydrogen (secondary N) is 1. The quantitative estimate of drug-likeness (QED) is 0.730. The van der Waals surface area contributed by atoms with Crippen LogP contribution in [0.5, 0.6) is 0 Å². The Kier molecular flexibility index (Phi) is 7.32. The summed E-state index contributed by atoms with van der Waals surface area (Å²) in [5.74, 6) is 1.16. The fourth-order valence-corrected chi connectivity index (χ4v) is 3.63. The Labute approximate surface area is 166 Å². The van der Waals surface area contributed by atoms with Crippen molar-refractivity contribution in [3.63, 3.8) is 0 Å². The number of hydrogen-bond donors (Lipinski definition) is 2. The number of H-pyrrole nitrogens is 1. The zero-order chi connectivity index (χ0) is 21.0. The summed E-state index contributed by atoms with van der Waals surface area (Å²) in [6.07, 6.45) is 2.00. The minimum absolute atomic E-state index is 0.00652. The molecule has 1 aliphatic heterocycles. The first-order chi connectivity index (χ1) is 13.1. The number of carbonyl (C=O) groups excluding carboxylic acids is 1. The highest BCUT2D eigenvalue weighted by atomic mass is 16.2. The fourth-order valence-electron chi connectivity index (χ4n) is 3.63. The molecule has 3 N–H and O–H groups in total. The summed E-state index contributed by atoms with van der Waals surface area (Å²) < 4.78 is 1.39. The second kappa shape index (κ2) is 9.30. The SMILES string of the molecule is CC(C)CN(CC(=O)N1CCC(C)CC1)c1c(N)n(CC(C)C)c(=O)[nH]c1=O. The van der Waals surface area contributed by atoms with Crippen molar-refractivity contribution in [1.82, 2.24) is 14.5 Å². The number of hydrogen-bond acceptors (Lipinski definition) is 5. The van der Waals surface area contributed by atoms with Crippen LogP contribution in [-0.4, -0.2) is 46.5 Å². The number of carbonyl (C=O) groups is 1. The molecule has 28 heavy (non-hydrogen) atoms. The van der Waals surface area contributed by atoms with Crippen LogP contribution in [0, 0.1) is 17.8 Å². The number of amides is 1. The highest BCUT2D eigenvalue weighted by Crippen LogP contribution is 2.21. The molecule has 0 bridgehead atoms. The first-order valence-corrected chi connectivity index (χ1v) is 10.2. The van der Waals surface area contributed by atoms with E-state index in [2.05, 4.69) is 11.9 Å². The number of nitrogens with zero attached hydrogens (tertiary/aromatic N) is 3. The smallest absolute Gasteiger partial charge is 0.330 e. The van der Waals surface area contributed by atoms with Crippen LogP contribution in [0.2, 0.25) is 0 Å². The number of aromatic nitrogens is 2. The third-order valence-corrected chi connectivity index (χ3v) is 5.13. The molecule has 158 valence electrons. The Morgan fingerprint density at radius 1 is 1.18 bits per heavy atom. The summed E-state index contributed by atoms with van der Waals surface area (Å²) in [4.78, 5) is 43.7. The van der Waals surface area contributed by atoms with E-state index >= 15 is 0 Å². The first-order valence-electron chi connectivity index (χ1n) is 10.2. The van der Waals surface area contributed by atoms with Gasteiger partial charge in [-0.15, -0.1) is 0 Å². The van der Waals surface area contributed by atoms with Gasteiger partial charge in [-0.25, -0.2) is 4.79 Å². The van der Waals surface area contributed by atoms with Crippen LogP contribution in [0.4, 0.5) is 11.5 Å². The number of rotatable bonds is 7. The Morgan fingerprint density at radius 3 is 2.32 bits per heavy atom. The van der Waals surface area contributed by atoms with Crippen molar-refractivity contribution in [3.05, 3.63) is 20.8 Å². The molecule has 2 rings (SSSR count). The van der Waals surface area contributed by atoms with Gasteiger partial charge in [0.05, 0.1) is 6.54 Å². The molecule has 1 saturated heterocycles. The largest absolute Gasteiger partial charge is 0.383 e. The van der Waals surface area contributed by atoms with E-state index in [4.69, 9.17) is 5.73 Å². The average molecular weight is 394 g/mol. The molecule has 8 heteroatoms. The number of anilines is 2. The van der Waals surface area contributed by atoms with Crippen molar-refractivity contribution in [2.24, 2.45) is 17.8 Å². The summed E-state index contributed by atoms with van der Waals surface area (Å²) >= 11 is 0. The van der Waals surface area contributed by atoms with Gasteiger partial charge in [-0.3, -0.25) is 19.1 Å². The van der Waals surface area contributed by atoms with Crippen LogP contribution < -0.4 is 21.9 Å². The predicted octanol–water partition coefficient (Wildman–Crippen LogP) is 1.50. The second-order valence-corrected chi connectivity index (χ2v) is 8.84. The molecule has 1 aromatic rings. The zero-order valence-corrected chi connectivity index (χ0v) is 17.8. The lowest BCUT2D eigenvalue weighted by Crippen LogP contribution is -2.47. The highest BCUT2D eigenvalue weighted by molar-refractivity contribution is 5.82. The van der Waals surface area contributed by atoms with E-state index in [1.165, 1.54) is 4.57 Å². The van der Waals surface area contributed by atoms with Crippen molar-refractivity contribution in [2.45, 2.75) is 54.0 Å². The number of likely N-dealkylation sites (tertiary alicyclic amines) is 1. The second-order valence-electron chi connectivity index (χ2n) is 8.84. The molecular formula is C20H35N5O3. The summed E-state index contributed by atoms with van der Waals surface area (Å²) in [7, 11) is 0. The topological polar surface area (TPSA) is 104 Å². The van der Waals surface area contributed by atoms with Gasteiger partial charge >= 0.3 is 5.69 Å². The summed E-state index contributed by atoms with van der Waals surface area (Å²) in [6.45, 7) is 12.7. The van der Waals surface area contributed by atoms with E-state index in [9.17, 15) is 14.4 Å². The Hall–Kier alpha value is -2.25. The van der Waals surface area contributed by atoms with Crippen molar-refractivity contribution in [2.75, 3.05) is 36.8 Å². The average Bonchev–Trinajstić information content (AvgIpc) is 2.58. The molecule has 2 heterocycles. The molecule has 0 saturated carbocycles. The Morgan fingerprint density at radius 2 is 1.79 bits per heavy atom. The van der Waals surface area contributed by atoms with Gasteiger partial charge < -0.3 is 15.5 Å². The van der Waals surface area contributed by atoms with Gasteiger partial charge in [-0.1, -0.05) is 34.6 Å². The maximum absolute atomic E-state index is 12.9. The monoisotopic (exact) mass is 393 g/mol. The van der Waals surface area contributed by atoms with Gasteiger partial charge in [0.25, 0.3) is 5.56 Å². The normalized spacial score (nSPS) is 15.5. The van der Waals surface area contributed by atoms with Gasteiger partial charge in [-0.2, -0.15) is 0 Å². The van der Waals surface area contributed by atoms with Crippen molar-refractivity contribution in [3.8, 4) is 0 Å². The molecule has 0 atom stereocenters. The third kappa shape index (κ3) is 5.39. The van der Waals surface area contributed by atoms with E-state index in [0.717, 1.165) is 25.9 Å². The maximum atomic E-state index is 12.9. The third-order valence-electron chi connectivity index (χ3n) is 5.13. The van der Waals surface area contributed by atoms with E-state index in [-0.39, 0.29) is 35.8 Å². The minimum Gasteiger partial charge on any atom is -0.383 e.